The minimum atomic E-state index is -4.06. The minimum Gasteiger partial charge on any atom is -0.393 e. The summed E-state index contributed by atoms with van der Waals surface area (Å²) in [5, 5.41) is 22.6. The predicted octanol–water partition coefficient (Wildman–Crippen LogP) is 0.601. The summed E-state index contributed by atoms with van der Waals surface area (Å²) in [6, 6.07) is 3.18. The van der Waals surface area contributed by atoms with Crippen LogP contribution in [0.4, 0.5) is 5.69 Å². The smallest absolute Gasteiger partial charge is 0.333 e. The molecule has 0 aliphatic heterocycles. The third-order valence-electron chi connectivity index (χ3n) is 4.66. The molecule has 0 amide bonds. The summed E-state index contributed by atoms with van der Waals surface area (Å²) in [5.41, 5.74) is 1.27. The number of carbonyl (C=O) groups is 1. The number of thioether (sulfide) groups is 1. The van der Waals surface area contributed by atoms with E-state index in [0.717, 1.165) is 0 Å². The van der Waals surface area contributed by atoms with Crippen molar-refractivity contribution in [1.82, 2.24) is 14.8 Å². The highest BCUT2D eigenvalue weighted by Gasteiger charge is 2.34. The molecule has 0 unspecified atom stereocenters. The molecular weight excluding hydrogens is 418 g/mol. The van der Waals surface area contributed by atoms with Gasteiger partial charge < -0.3 is 10.4 Å². The van der Waals surface area contributed by atoms with Crippen molar-refractivity contribution in [2.45, 2.75) is 30.9 Å². The Morgan fingerprint density at radius 1 is 1.45 bits per heavy atom. The molecule has 1 aliphatic rings. The summed E-state index contributed by atoms with van der Waals surface area (Å²) < 4.78 is 28.2. The first-order chi connectivity index (χ1) is 13.8. The number of aromatic nitrogens is 3. The Morgan fingerprint density at radius 3 is 2.97 bits per heavy atom. The number of nitrogens with two attached hydrogens (primary N) is 1. The summed E-state index contributed by atoms with van der Waals surface area (Å²) in [6.45, 7) is -0.187. The van der Waals surface area contributed by atoms with Crippen LogP contribution in [-0.4, -0.2) is 59.1 Å². The maximum atomic E-state index is 12.9. The van der Waals surface area contributed by atoms with Crippen LogP contribution in [0.2, 0.25) is 0 Å². The van der Waals surface area contributed by atoms with Gasteiger partial charge in [0.25, 0.3) is 0 Å². The Morgan fingerprint density at radius 2 is 2.24 bits per heavy atom. The van der Waals surface area contributed by atoms with Crippen LogP contribution in [0.15, 0.2) is 30.7 Å². The second kappa shape index (κ2) is 9.22. The van der Waals surface area contributed by atoms with Crippen LogP contribution < -0.4 is 10.5 Å². The largest absolute Gasteiger partial charge is 0.393 e. The first kappa shape index (κ1) is 21.7. The number of nitrogens with one attached hydrogen (secondary N) is 1. The van der Waals surface area contributed by atoms with E-state index in [2.05, 4.69) is 19.6 Å². The Kier molecular flexibility index (Phi) is 6.90. The van der Waals surface area contributed by atoms with Crippen molar-refractivity contribution in [1.29, 1.82) is 0 Å². The zero-order valence-electron chi connectivity index (χ0n) is 15.8. The van der Waals surface area contributed by atoms with E-state index in [1.165, 1.54) is 6.20 Å². The summed E-state index contributed by atoms with van der Waals surface area (Å²) in [7, 11) is -4.06. The maximum absolute atomic E-state index is 12.9. The molecule has 10 nitrogen and oxygen atoms in total. The molecule has 0 spiro atoms. The van der Waals surface area contributed by atoms with Crippen molar-refractivity contribution in [3.63, 3.8) is 0 Å². The lowest BCUT2D eigenvalue weighted by atomic mass is 10.1. The molecule has 1 aliphatic carbocycles. The number of carbonyl (C=O) groups excluding carboxylic acids is 1. The van der Waals surface area contributed by atoms with Crippen LogP contribution in [-0.2, 0) is 20.4 Å². The predicted molar refractivity (Wildman–Crippen MR) is 109 cm³/mol. The highest BCUT2D eigenvalue weighted by Crippen LogP contribution is 2.30. The Bertz CT molecular complexity index is 965. The number of aliphatic hydroxyl groups excluding tert-OH is 1. The van der Waals surface area contributed by atoms with Gasteiger partial charge in [-0.3, -0.25) is 18.6 Å². The zero-order valence-corrected chi connectivity index (χ0v) is 17.4. The summed E-state index contributed by atoms with van der Waals surface area (Å²) in [6.07, 6.45) is 6.85. The van der Waals surface area contributed by atoms with Gasteiger partial charge >= 0.3 is 10.3 Å². The molecule has 2 heterocycles. The molecule has 1 saturated carbocycles. The summed E-state index contributed by atoms with van der Waals surface area (Å²) >= 11 is 1.59. The molecular formula is C17H23N5O5S2. The Balaban J connectivity index is 1.70. The van der Waals surface area contributed by atoms with E-state index < -0.39 is 16.4 Å². The second-order valence-corrected chi connectivity index (χ2v) is 8.88. The molecule has 0 aromatic carbocycles. The van der Waals surface area contributed by atoms with Crippen LogP contribution in [0.1, 0.15) is 28.9 Å². The molecule has 12 heteroatoms. The number of hydrogen-bond donors (Lipinski definition) is 3. The van der Waals surface area contributed by atoms with Gasteiger partial charge in [0, 0.05) is 36.2 Å². The number of pyridine rings is 1. The lowest BCUT2D eigenvalue weighted by Gasteiger charge is -2.16. The number of anilines is 1. The number of nitrogens with zero attached hydrogens (tertiary/aromatic N) is 3. The fraction of sp³-hybridized carbons (Fsp3) is 0.471. The van der Waals surface area contributed by atoms with E-state index >= 15 is 0 Å². The fourth-order valence-corrected chi connectivity index (χ4v) is 4.10. The highest BCUT2D eigenvalue weighted by molar-refractivity contribution is 7.97. The third kappa shape index (κ3) is 5.76. The lowest BCUT2D eigenvalue weighted by molar-refractivity contribution is 0.101. The molecule has 0 radical (unpaired) electrons. The molecule has 1 fully saturated rings. The number of aliphatic hydroxyl groups is 1. The van der Waals surface area contributed by atoms with Crippen molar-refractivity contribution >= 4 is 33.5 Å². The molecule has 2 aromatic heterocycles. The van der Waals surface area contributed by atoms with E-state index in [1.54, 1.807) is 41.0 Å². The second-order valence-electron chi connectivity index (χ2n) is 6.83. The van der Waals surface area contributed by atoms with Gasteiger partial charge in [-0.25, -0.2) is 5.14 Å². The molecule has 2 aromatic rings. The molecule has 0 saturated heterocycles. The van der Waals surface area contributed by atoms with Gasteiger partial charge in [0.2, 0.25) is 5.78 Å². The molecule has 3 atom stereocenters. The number of rotatable bonds is 9. The molecule has 3 rings (SSSR count). The Hall–Kier alpha value is -1.99. The van der Waals surface area contributed by atoms with E-state index in [-0.39, 0.29) is 24.3 Å². The van der Waals surface area contributed by atoms with Crippen LogP contribution >= 0.6 is 11.8 Å². The molecule has 158 valence electrons. The quantitative estimate of drug-likeness (QED) is 0.475. The SMILES string of the molecule is CSCn1ccc(C(=O)c2cnccc2N[C@@H]2C[C@H](COS(N)(=O)=O)[C@@H](O)C2)n1. The number of hydrogen-bond acceptors (Lipinski definition) is 9. The van der Waals surface area contributed by atoms with E-state index in [9.17, 15) is 18.3 Å². The third-order valence-corrected chi connectivity index (χ3v) is 5.65. The van der Waals surface area contributed by atoms with Gasteiger partial charge in [0.05, 0.1) is 24.2 Å². The number of ketones is 1. The molecule has 0 bridgehead atoms. The molecule has 29 heavy (non-hydrogen) atoms. The van der Waals surface area contributed by atoms with Crippen molar-refractivity contribution in [3.8, 4) is 0 Å². The minimum absolute atomic E-state index is 0.165. The van der Waals surface area contributed by atoms with Crippen LogP contribution in [0.5, 0.6) is 0 Å². The Labute approximate surface area is 173 Å². The first-order valence-electron chi connectivity index (χ1n) is 8.89. The normalized spacial score (nSPS) is 22.0. The zero-order chi connectivity index (χ0) is 21.0. The summed E-state index contributed by atoms with van der Waals surface area (Å²) in [5.74, 6) is 0.00931. The first-order valence-corrected chi connectivity index (χ1v) is 11.8. The van der Waals surface area contributed by atoms with E-state index in [0.29, 0.717) is 35.7 Å². The standard InChI is InChI=1S/C17H23N5O5S2/c1-28-10-22-5-3-15(21-22)17(24)13-8-19-4-2-14(13)20-12-6-11(16(23)7-12)9-27-29(18,25)26/h2-5,8,11-12,16,23H,6-7,9-10H2,1H3,(H,19,20)(H2,18,25,26)/t11-,12-,16+/m1/s1. The van der Waals surface area contributed by atoms with E-state index in [4.69, 9.17) is 5.14 Å². The van der Waals surface area contributed by atoms with Gasteiger partial charge in [-0.15, -0.1) is 11.8 Å². The lowest BCUT2D eigenvalue weighted by Crippen LogP contribution is -2.24. The van der Waals surface area contributed by atoms with Crippen LogP contribution in [0.25, 0.3) is 0 Å². The average Bonchev–Trinajstić information content (AvgIpc) is 3.26. The maximum Gasteiger partial charge on any atom is 0.333 e. The fourth-order valence-electron chi connectivity index (χ4n) is 3.33. The van der Waals surface area contributed by atoms with Gasteiger partial charge in [0.1, 0.15) is 5.69 Å². The monoisotopic (exact) mass is 441 g/mol. The van der Waals surface area contributed by atoms with Crippen molar-refractivity contribution in [3.05, 3.63) is 42.0 Å². The van der Waals surface area contributed by atoms with Crippen molar-refractivity contribution < 1.29 is 22.5 Å². The van der Waals surface area contributed by atoms with Crippen molar-refractivity contribution in [2.24, 2.45) is 11.1 Å². The average molecular weight is 442 g/mol. The topological polar surface area (TPSA) is 149 Å². The van der Waals surface area contributed by atoms with Crippen LogP contribution in [0.3, 0.4) is 0 Å². The van der Waals surface area contributed by atoms with Crippen molar-refractivity contribution in [2.75, 3.05) is 18.2 Å². The van der Waals surface area contributed by atoms with E-state index in [1.807, 2.05) is 6.26 Å². The highest BCUT2D eigenvalue weighted by atomic mass is 32.2. The van der Waals surface area contributed by atoms with Gasteiger partial charge in [-0.05, 0) is 31.2 Å². The van der Waals surface area contributed by atoms with Gasteiger partial charge in [-0.2, -0.15) is 13.5 Å². The van der Waals surface area contributed by atoms with Gasteiger partial charge in [0.15, 0.2) is 0 Å². The summed E-state index contributed by atoms with van der Waals surface area (Å²) in [4.78, 5) is 16.9. The van der Waals surface area contributed by atoms with Crippen LogP contribution in [0, 0.1) is 5.92 Å². The van der Waals surface area contributed by atoms with Gasteiger partial charge in [-0.1, -0.05) is 0 Å². The molecule has 4 N–H and O–H groups in total.